The van der Waals surface area contributed by atoms with Crippen molar-refractivity contribution in [3.05, 3.63) is 155 Å². The highest BCUT2D eigenvalue weighted by atomic mass is 16.1. The number of hydrogen-bond donors (Lipinski definition) is 0. The van der Waals surface area contributed by atoms with Gasteiger partial charge in [0.2, 0.25) is 0 Å². The van der Waals surface area contributed by atoms with Gasteiger partial charge < -0.3 is 0 Å². The zero-order valence-corrected chi connectivity index (χ0v) is 18.5. The third kappa shape index (κ3) is 4.26. The number of carbonyl (C=O) groups is 1. The predicted octanol–water partition coefficient (Wildman–Crippen LogP) is 7.97. The molecule has 0 amide bonds. The van der Waals surface area contributed by atoms with Gasteiger partial charge in [-0.25, -0.2) is 0 Å². The first-order valence-corrected chi connectivity index (χ1v) is 11.2. The summed E-state index contributed by atoms with van der Waals surface area (Å²) in [4.78, 5) is 13.4. The Morgan fingerprint density at radius 2 is 1.15 bits per heavy atom. The molecule has 0 fully saturated rings. The minimum atomic E-state index is 0.0613. The fourth-order valence-corrected chi connectivity index (χ4v) is 4.29. The lowest BCUT2D eigenvalue weighted by Gasteiger charge is -2.11. The summed E-state index contributed by atoms with van der Waals surface area (Å²) < 4.78 is 0. The van der Waals surface area contributed by atoms with E-state index in [0.29, 0.717) is 5.56 Å². The van der Waals surface area contributed by atoms with E-state index in [-0.39, 0.29) is 5.78 Å². The summed E-state index contributed by atoms with van der Waals surface area (Å²) in [6.07, 6.45) is 2.18. The van der Waals surface area contributed by atoms with Crippen molar-refractivity contribution in [1.29, 1.82) is 0 Å². The maximum absolute atomic E-state index is 13.4. The van der Waals surface area contributed by atoms with Crippen LogP contribution in [0.3, 0.4) is 0 Å². The van der Waals surface area contributed by atoms with E-state index >= 15 is 0 Å². The van der Waals surface area contributed by atoms with Crippen molar-refractivity contribution in [2.75, 3.05) is 0 Å². The lowest BCUT2D eigenvalue weighted by atomic mass is 9.92. The maximum Gasteiger partial charge on any atom is 0.193 e. The summed E-state index contributed by atoms with van der Waals surface area (Å²) in [5.74, 6) is 0.0613. The van der Waals surface area contributed by atoms with Crippen molar-refractivity contribution < 1.29 is 4.79 Å². The van der Waals surface area contributed by atoms with Gasteiger partial charge in [0.25, 0.3) is 0 Å². The Hall–Kier alpha value is -4.23. The fraction of sp³-hybridized carbons (Fsp3) is 0.0312. The van der Waals surface area contributed by atoms with E-state index < -0.39 is 0 Å². The zero-order valence-electron chi connectivity index (χ0n) is 18.5. The van der Waals surface area contributed by atoms with E-state index in [1.807, 2.05) is 73.7 Å². The molecule has 158 valence electrons. The van der Waals surface area contributed by atoms with Gasteiger partial charge in [-0.15, -0.1) is 0 Å². The standard InChI is InChI=1S/C32H24O/c1-23-16-19-27-14-8-9-15-29(27)31(23)32(33)28-20-17-24(18-21-28)22-30(25-10-4-2-5-11-25)26-12-6-3-7-13-26/h2-22H,1H3. The van der Waals surface area contributed by atoms with Gasteiger partial charge >= 0.3 is 0 Å². The molecule has 0 aliphatic heterocycles. The SMILES string of the molecule is Cc1ccc2ccccc2c1C(=O)c1ccc(C=C(c2ccccc2)c2ccccc2)cc1. The summed E-state index contributed by atoms with van der Waals surface area (Å²) in [7, 11) is 0. The predicted molar refractivity (Wildman–Crippen MR) is 138 cm³/mol. The highest BCUT2D eigenvalue weighted by Gasteiger charge is 2.15. The lowest BCUT2D eigenvalue weighted by molar-refractivity contribution is 0.103. The first kappa shape index (κ1) is 20.7. The first-order chi connectivity index (χ1) is 16.2. The average molecular weight is 425 g/mol. The number of rotatable bonds is 5. The largest absolute Gasteiger partial charge is 0.289 e. The highest BCUT2D eigenvalue weighted by molar-refractivity contribution is 6.17. The molecule has 1 heteroatoms. The molecule has 0 aliphatic rings. The lowest BCUT2D eigenvalue weighted by Crippen LogP contribution is -2.04. The molecule has 0 N–H and O–H groups in total. The molecule has 5 aromatic rings. The third-order valence-electron chi connectivity index (χ3n) is 6.02. The molecule has 33 heavy (non-hydrogen) atoms. The minimum Gasteiger partial charge on any atom is -0.289 e. The van der Waals surface area contributed by atoms with Crippen LogP contribution in [0.1, 0.15) is 38.2 Å². The second kappa shape index (κ2) is 9.10. The van der Waals surface area contributed by atoms with Gasteiger partial charge in [0, 0.05) is 11.1 Å². The molecule has 0 saturated carbocycles. The summed E-state index contributed by atoms with van der Waals surface area (Å²) in [6, 6.07) is 40.9. The second-order valence-corrected chi connectivity index (χ2v) is 8.22. The molecule has 0 heterocycles. The van der Waals surface area contributed by atoms with E-state index in [0.717, 1.165) is 44.2 Å². The number of aryl methyl sites for hydroxylation is 1. The third-order valence-corrected chi connectivity index (χ3v) is 6.02. The molecule has 5 aromatic carbocycles. The molecule has 0 aliphatic carbocycles. The Kier molecular flexibility index (Phi) is 5.70. The summed E-state index contributed by atoms with van der Waals surface area (Å²) >= 11 is 0. The zero-order chi connectivity index (χ0) is 22.6. The van der Waals surface area contributed by atoms with Crippen LogP contribution in [0, 0.1) is 6.92 Å². The summed E-state index contributed by atoms with van der Waals surface area (Å²) in [5, 5.41) is 2.09. The maximum atomic E-state index is 13.4. The van der Waals surface area contributed by atoms with Crippen molar-refractivity contribution in [1.82, 2.24) is 0 Å². The smallest absolute Gasteiger partial charge is 0.193 e. The molecule has 0 aromatic heterocycles. The van der Waals surface area contributed by atoms with Gasteiger partial charge in [-0.05, 0) is 51.6 Å². The minimum absolute atomic E-state index is 0.0613. The summed E-state index contributed by atoms with van der Waals surface area (Å²) in [6.45, 7) is 2.00. The monoisotopic (exact) mass is 424 g/mol. The number of ketones is 1. The molecule has 0 radical (unpaired) electrons. The van der Waals surface area contributed by atoms with E-state index in [4.69, 9.17) is 0 Å². The quantitative estimate of drug-likeness (QED) is 0.206. The van der Waals surface area contributed by atoms with Crippen molar-refractivity contribution in [3.63, 3.8) is 0 Å². The Balaban J connectivity index is 1.53. The van der Waals surface area contributed by atoms with Gasteiger partial charge in [0.05, 0.1) is 0 Å². The highest BCUT2D eigenvalue weighted by Crippen LogP contribution is 2.28. The second-order valence-electron chi connectivity index (χ2n) is 8.22. The van der Waals surface area contributed by atoms with Gasteiger partial charge in [0.15, 0.2) is 5.78 Å². The molecule has 0 unspecified atom stereocenters. The number of hydrogen-bond acceptors (Lipinski definition) is 1. The molecule has 0 spiro atoms. The molecule has 0 atom stereocenters. The van der Waals surface area contributed by atoms with Crippen LogP contribution >= 0.6 is 0 Å². The van der Waals surface area contributed by atoms with E-state index in [2.05, 4.69) is 60.7 Å². The number of benzene rings is 5. The molecule has 0 saturated heterocycles. The average Bonchev–Trinajstić information content (AvgIpc) is 2.88. The number of fused-ring (bicyclic) bond motifs is 1. The van der Waals surface area contributed by atoms with Crippen molar-refractivity contribution in [2.24, 2.45) is 0 Å². The van der Waals surface area contributed by atoms with Crippen LogP contribution in [0.2, 0.25) is 0 Å². The van der Waals surface area contributed by atoms with Crippen molar-refractivity contribution >= 4 is 28.2 Å². The molecule has 1 nitrogen and oxygen atoms in total. The van der Waals surface area contributed by atoms with E-state index in [1.165, 1.54) is 0 Å². The molecular weight excluding hydrogens is 400 g/mol. The van der Waals surface area contributed by atoms with Crippen LogP contribution < -0.4 is 0 Å². The fourth-order valence-electron chi connectivity index (χ4n) is 4.29. The Labute approximate surface area is 194 Å². The normalized spacial score (nSPS) is 10.7. The van der Waals surface area contributed by atoms with Gasteiger partial charge in [-0.3, -0.25) is 4.79 Å². The molecule has 5 rings (SSSR count). The Morgan fingerprint density at radius 3 is 1.79 bits per heavy atom. The van der Waals surface area contributed by atoms with Gasteiger partial charge in [-0.1, -0.05) is 121 Å². The van der Waals surface area contributed by atoms with Crippen LogP contribution in [0.15, 0.2) is 121 Å². The van der Waals surface area contributed by atoms with Crippen LogP contribution in [0.4, 0.5) is 0 Å². The van der Waals surface area contributed by atoms with Gasteiger partial charge in [0.1, 0.15) is 0 Å². The molecular formula is C32H24O. The van der Waals surface area contributed by atoms with Crippen molar-refractivity contribution in [2.45, 2.75) is 6.92 Å². The van der Waals surface area contributed by atoms with E-state index in [1.54, 1.807) is 0 Å². The Bertz CT molecular complexity index is 1400. The van der Waals surface area contributed by atoms with Crippen LogP contribution in [0.25, 0.3) is 22.4 Å². The van der Waals surface area contributed by atoms with Gasteiger partial charge in [-0.2, -0.15) is 0 Å². The van der Waals surface area contributed by atoms with Crippen molar-refractivity contribution in [3.8, 4) is 0 Å². The molecule has 0 bridgehead atoms. The number of carbonyl (C=O) groups excluding carboxylic acids is 1. The van der Waals surface area contributed by atoms with Crippen LogP contribution in [-0.4, -0.2) is 5.78 Å². The summed E-state index contributed by atoms with van der Waals surface area (Å²) in [5.41, 5.74) is 7.02. The van der Waals surface area contributed by atoms with Crippen LogP contribution in [0.5, 0.6) is 0 Å². The topological polar surface area (TPSA) is 17.1 Å². The Morgan fingerprint density at radius 1 is 0.576 bits per heavy atom. The van der Waals surface area contributed by atoms with E-state index in [9.17, 15) is 4.79 Å². The first-order valence-electron chi connectivity index (χ1n) is 11.2. The van der Waals surface area contributed by atoms with Crippen LogP contribution in [-0.2, 0) is 0 Å².